The lowest BCUT2D eigenvalue weighted by atomic mass is 10.1. The van der Waals surface area contributed by atoms with Crippen molar-refractivity contribution in [2.75, 3.05) is 12.4 Å². The van der Waals surface area contributed by atoms with Crippen LogP contribution in [0.15, 0.2) is 47.8 Å². The molecule has 0 unspecified atom stereocenters. The predicted molar refractivity (Wildman–Crippen MR) is 108 cm³/mol. The Morgan fingerprint density at radius 3 is 2.60 bits per heavy atom. The minimum atomic E-state index is -0.541. The third-order valence-corrected chi connectivity index (χ3v) is 4.97. The molecule has 0 spiro atoms. The summed E-state index contributed by atoms with van der Waals surface area (Å²) >= 11 is 1.19. The molecule has 0 radical (unpaired) electrons. The molecule has 1 amide bonds. The van der Waals surface area contributed by atoms with Gasteiger partial charge in [0.25, 0.3) is 5.91 Å². The van der Waals surface area contributed by atoms with E-state index in [1.807, 2.05) is 0 Å². The quantitative estimate of drug-likeness (QED) is 0.515. The van der Waals surface area contributed by atoms with Gasteiger partial charge in [0, 0.05) is 10.9 Å². The third kappa shape index (κ3) is 3.90. The van der Waals surface area contributed by atoms with Gasteiger partial charge in [0.05, 0.1) is 18.5 Å². The fourth-order valence-corrected chi connectivity index (χ4v) is 3.47. The molecular weight excluding hydrogens is 412 g/mol. The van der Waals surface area contributed by atoms with Gasteiger partial charge in [0.1, 0.15) is 11.6 Å². The Kier molecular flexibility index (Phi) is 5.23. The van der Waals surface area contributed by atoms with Crippen molar-refractivity contribution in [3.05, 3.63) is 71.1 Å². The van der Waals surface area contributed by atoms with Gasteiger partial charge in [0.15, 0.2) is 16.7 Å². The normalized spacial score (nSPS) is 10.8. The maximum absolute atomic E-state index is 13.9. The van der Waals surface area contributed by atoms with E-state index in [4.69, 9.17) is 4.74 Å². The number of anilines is 1. The Hall–Kier alpha value is -3.66. The molecule has 7 nitrogen and oxygen atoms in total. The van der Waals surface area contributed by atoms with Gasteiger partial charge in [-0.1, -0.05) is 0 Å². The van der Waals surface area contributed by atoms with Gasteiger partial charge in [0.2, 0.25) is 5.82 Å². The van der Waals surface area contributed by atoms with Crippen LogP contribution < -0.4 is 10.1 Å². The van der Waals surface area contributed by atoms with Crippen LogP contribution in [0.3, 0.4) is 0 Å². The van der Waals surface area contributed by atoms with Crippen LogP contribution in [-0.4, -0.2) is 32.8 Å². The number of carbonyl (C=O) groups is 1. The molecule has 0 bridgehead atoms. The van der Waals surface area contributed by atoms with Crippen LogP contribution in [-0.2, 0) is 0 Å². The number of halogens is 2. The van der Waals surface area contributed by atoms with Crippen LogP contribution in [0.2, 0.25) is 0 Å². The van der Waals surface area contributed by atoms with Crippen molar-refractivity contribution in [3.8, 4) is 22.7 Å². The van der Waals surface area contributed by atoms with Crippen molar-refractivity contribution >= 4 is 22.4 Å². The van der Waals surface area contributed by atoms with Gasteiger partial charge in [-0.2, -0.15) is 0 Å². The van der Waals surface area contributed by atoms with E-state index in [2.05, 4.69) is 20.4 Å². The molecule has 2 aromatic heterocycles. The van der Waals surface area contributed by atoms with Gasteiger partial charge >= 0.3 is 0 Å². The summed E-state index contributed by atoms with van der Waals surface area (Å²) in [5.41, 5.74) is 1.65. The molecule has 0 fully saturated rings. The van der Waals surface area contributed by atoms with E-state index >= 15 is 0 Å². The van der Waals surface area contributed by atoms with E-state index < -0.39 is 11.7 Å². The zero-order chi connectivity index (χ0) is 21.3. The molecule has 0 atom stereocenters. The Balaban J connectivity index is 1.52. The molecule has 0 aliphatic rings. The number of nitrogens with zero attached hydrogens (tertiary/aromatic N) is 4. The molecule has 152 valence electrons. The first-order valence-electron chi connectivity index (χ1n) is 8.75. The molecule has 1 N–H and O–H groups in total. The number of aryl methyl sites for hydroxylation is 1. The molecule has 2 heterocycles. The fourth-order valence-electron chi connectivity index (χ4n) is 2.76. The minimum absolute atomic E-state index is 0.0518. The number of nitrogens with one attached hydrogen (secondary N) is 1. The average molecular weight is 427 g/mol. The zero-order valence-corrected chi connectivity index (χ0v) is 16.7. The standard InChI is InChI=1S/C20H15F2N5O2S/c1-11-23-18(26-27(11)14-6-4-13(21)5-7-14)19(28)25-20-24-16(10-30-20)12-3-8-17(29-2)15(22)9-12/h3-10H,1-2H3,(H,24,25,28). The van der Waals surface area contributed by atoms with Crippen LogP contribution in [0.4, 0.5) is 13.9 Å². The topological polar surface area (TPSA) is 81.9 Å². The van der Waals surface area contributed by atoms with Crippen LogP contribution in [0, 0.1) is 18.6 Å². The van der Waals surface area contributed by atoms with Crippen molar-refractivity contribution in [1.82, 2.24) is 19.7 Å². The number of aromatic nitrogens is 4. The van der Waals surface area contributed by atoms with Crippen molar-refractivity contribution in [2.24, 2.45) is 0 Å². The highest BCUT2D eigenvalue weighted by atomic mass is 32.1. The monoisotopic (exact) mass is 427 g/mol. The number of rotatable bonds is 5. The van der Waals surface area contributed by atoms with Gasteiger partial charge in [-0.15, -0.1) is 16.4 Å². The summed E-state index contributed by atoms with van der Waals surface area (Å²) in [6.07, 6.45) is 0. The summed E-state index contributed by atoms with van der Waals surface area (Å²) in [5.74, 6) is -0.851. The number of methoxy groups -OCH3 is 1. The maximum atomic E-state index is 13.9. The molecule has 30 heavy (non-hydrogen) atoms. The molecule has 4 rings (SSSR count). The summed E-state index contributed by atoms with van der Waals surface area (Å²) in [5, 5.41) is 8.85. The lowest BCUT2D eigenvalue weighted by Gasteiger charge is -2.03. The van der Waals surface area contributed by atoms with Crippen LogP contribution in [0.5, 0.6) is 5.75 Å². The lowest BCUT2D eigenvalue weighted by Crippen LogP contribution is -2.14. The predicted octanol–water partition coefficient (Wildman–Crippen LogP) is 4.24. The largest absolute Gasteiger partial charge is 0.494 e. The highest BCUT2D eigenvalue weighted by Crippen LogP contribution is 2.28. The number of amides is 1. The second kappa shape index (κ2) is 7.99. The van der Waals surface area contributed by atoms with E-state index in [1.54, 1.807) is 30.5 Å². The Bertz CT molecular complexity index is 1220. The van der Waals surface area contributed by atoms with E-state index in [-0.39, 0.29) is 17.4 Å². The molecule has 0 saturated heterocycles. The highest BCUT2D eigenvalue weighted by molar-refractivity contribution is 7.14. The number of ether oxygens (including phenoxy) is 1. The maximum Gasteiger partial charge on any atom is 0.297 e. The second-order valence-electron chi connectivity index (χ2n) is 6.21. The first kappa shape index (κ1) is 19.6. The van der Waals surface area contributed by atoms with Gasteiger partial charge in [-0.05, 0) is 49.4 Å². The highest BCUT2D eigenvalue weighted by Gasteiger charge is 2.17. The average Bonchev–Trinajstić information content (AvgIpc) is 3.35. The number of hydrogen-bond donors (Lipinski definition) is 1. The zero-order valence-electron chi connectivity index (χ0n) is 15.9. The second-order valence-corrected chi connectivity index (χ2v) is 7.07. The first-order valence-corrected chi connectivity index (χ1v) is 9.63. The molecule has 0 aliphatic carbocycles. The van der Waals surface area contributed by atoms with Gasteiger partial charge in [-0.3, -0.25) is 10.1 Å². The van der Waals surface area contributed by atoms with Crippen molar-refractivity contribution in [1.29, 1.82) is 0 Å². The Labute approximate surface area is 174 Å². The molecule has 0 aliphatic heterocycles. The summed E-state index contributed by atoms with van der Waals surface area (Å²) in [4.78, 5) is 21.0. The minimum Gasteiger partial charge on any atom is -0.494 e. The Morgan fingerprint density at radius 1 is 1.13 bits per heavy atom. The van der Waals surface area contributed by atoms with E-state index in [0.717, 1.165) is 0 Å². The van der Waals surface area contributed by atoms with Crippen molar-refractivity contribution < 1.29 is 18.3 Å². The number of benzene rings is 2. The van der Waals surface area contributed by atoms with E-state index in [1.165, 1.54) is 47.4 Å². The molecule has 4 aromatic rings. The fraction of sp³-hybridized carbons (Fsp3) is 0.100. The van der Waals surface area contributed by atoms with Crippen LogP contribution in [0.1, 0.15) is 16.4 Å². The summed E-state index contributed by atoms with van der Waals surface area (Å²) in [7, 11) is 1.39. The summed E-state index contributed by atoms with van der Waals surface area (Å²) < 4.78 is 33.4. The summed E-state index contributed by atoms with van der Waals surface area (Å²) in [6.45, 7) is 1.69. The molecule has 2 aromatic carbocycles. The smallest absolute Gasteiger partial charge is 0.297 e. The molecule has 0 saturated carbocycles. The summed E-state index contributed by atoms with van der Waals surface area (Å²) in [6, 6.07) is 10.2. The molecular formula is C20H15F2N5O2S. The number of hydrogen-bond acceptors (Lipinski definition) is 6. The Morgan fingerprint density at radius 2 is 1.90 bits per heavy atom. The van der Waals surface area contributed by atoms with Crippen LogP contribution in [0.25, 0.3) is 16.9 Å². The SMILES string of the molecule is COc1ccc(-c2csc(NC(=O)c3nc(C)n(-c4ccc(F)cc4)n3)n2)cc1F. The van der Waals surface area contributed by atoms with Crippen molar-refractivity contribution in [3.63, 3.8) is 0 Å². The first-order chi connectivity index (χ1) is 14.4. The number of thiazole rings is 1. The molecule has 10 heteroatoms. The lowest BCUT2D eigenvalue weighted by molar-refractivity contribution is 0.101. The van der Waals surface area contributed by atoms with Gasteiger partial charge in [-0.25, -0.2) is 23.4 Å². The van der Waals surface area contributed by atoms with Crippen molar-refractivity contribution in [2.45, 2.75) is 6.92 Å². The van der Waals surface area contributed by atoms with Gasteiger partial charge < -0.3 is 4.74 Å². The van der Waals surface area contributed by atoms with E-state index in [9.17, 15) is 13.6 Å². The van der Waals surface area contributed by atoms with E-state index in [0.29, 0.717) is 27.9 Å². The number of carbonyl (C=O) groups excluding carboxylic acids is 1. The van der Waals surface area contributed by atoms with Crippen LogP contribution >= 0.6 is 11.3 Å². The third-order valence-electron chi connectivity index (χ3n) is 4.22.